The van der Waals surface area contributed by atoms with E-state index in [9.17, 15) is 5.26 Å². The van der Waals surface area contributed by atoms with Crippen LogP contribution in [0.2, 0.25) is 0 Å². The first-order valence-corrected chi connectivity index (χ1v) is 19.6. The summed E-state index contributed by atoms with van der Waals surface area (Å²) in [6.07, 6.45) is 0. The molecular formula is C50H34BN3OS. The van der Waals surface area contributed by atoms with Crippen LogP contribution in [-0.2, 0) is 0 Å². The van der Waals surface area contributed by atoms with Gasteiger partial charge in [-0.15, -0.1) is 0 Å². The van der Waals surface area contributed by atoms with Crippen LogP contribution in [0.5, 0.6) is 11.5 Å². The van der Waals surface area contributed by atoms with Crippen LogP contribution in [0, 0.1) is 18.3 Å². The van der Waals surface area contributed by atoms with Gasteiger partial charge in [-0.25, -0.2) is 0 Å². The number of fused-ring (bicyclic) bond motifs is 4. The topological polar surface area (TPSA) is 39.5 Å². The van der Waals surface area contributed by atoms with Gasteiger partial charge in [0.15, 0.2) is 0 Å². The summed E-state index contributed by atoms with van der Waals surface area (Å²) < 4.78 is 6.84. The lowest BCUT2D eigenvalue weighted by Crippen LogP contribution is -2.57. The van der Waals surface area contributed by atoms with Crippen LogP contribution in [0.15, 0.2) is 198 Å². The maximum Gasteiger partial charge on any atom is 0.253 e. The van der Waals surface area contributed by atoms with Crippen molar-refractivity contribution >= 4 is 69.0 Å². The standard InChI is InChI=1S/C50H34BN3OS/c1-34-29-35(33-52)30-42(50(34)54(39-19-10-4-11-20-39)40-21-12-5-13-22-40)36-25-27-43-46(31-36)55-45-23-14-24-47-49(45)51(43)44-28-26-41(32-48(44)56-47)53(37-15-6-2-7-16-37)38-17-8-3-9-18-38/h2-32H,1H3. The fourth-order valence-corrected chi connectivity index (χ4v) is 9.44. The Balaban J connectivity index is 1.12. The first-order valence-electron chi connectivity index (χ1n) is 18.8. The summed E-state index contributed by atoms with van der Waals surface area (Å²) in [6, 6.07) is 68.2. The number of nitrogens with zero attached hydrogens (tertiary/aromatic N) is 3. The van der Waals surface area contributed by atoms with Crippen LogP contribution >= 0.6 is 11.8 Å². The number of hydrogen-bond donors (Lipinski definition) is 0. The Bertz CT molecular complexity index is 2710. The van der Waals surface area contributed by atoms with E-state index in [4.69, 9.17) is 4.74 Å². The SMILES string of the molecule is Cc1cc(C#N)cc(-c2ccc3c(c2)Oc2cccc4c2B3c2ccc(N(c3ccccc3)c3ccccc3)cc2S4)c1N(c1ccccc1)c1ccccc1. The average Bonchev–Trinajstić information content (AvgIpc) is 3.25. The molecule has 6 heteroatoms. The van der Waals surface area contributed by atoms with Gasteiger partial charge in [0.25, 0.3) is 6.71 Å². The molecule has 2 heterocycles. The Labute approximate surface area is 332 Å². The van der Waals surface area contributed by atoms with E-state index in [1.54, 1.807) is 0 Å². The molecule has 8 aromatic rings. The largest absolute Gasteiger partial charge is 0.458 e. The maximum atomic E-state index is 10.2. The molecule has 4 nitrogen and oxygen atoms in total. The summed E-state index contributed by atoms with van der Waals surface area (Å²) in [5, 5.41) is 10.2. The zero-order valence-electron chi connectivity index (χ0n) is 30.6. The quantitative estimate of drug-likeness (QED) is 0.152. The van der Waals surface area contributed by atoms with Crippen molar-refractivity contribution in [1.29, 1.82) is 5.26 Å². The van der Waals surface area contributed by atoms with Gasteiger partial charge in [-0.2, -0.15) is 5.26 Å². The summed E-state index contributed by atoms with van der Waals surface area (Å²) in [4.78, 5) is 7.04. The third-order valence-electron chi connectivity index (χ3n) is 10.7. The Morgan fingerprint density at radius 2 is 1.11 bits per heavy atom. The number of rotatable bonds is 7. The highest BCUT2D eigenvalue weighted by molar-refractivity contribution is 8.00. The molecular weight excluding hydrogens is 701 g/mol. The van der Waals surface area contributed by atoms with Crippen LogP contribution in [0.25, 0.3) is 11.1 Å². The predicted molar refractivity (Wildman–Crippen MR) is 232 cm³/mol. The van der Waals surface area contributed by atoms with Crippen molar-refractivity contribution in [2.24, 2.45) is 0 Å². The monoisotopic (exact) mass is 735 g/mol. The summed E-state index contributed by atoms with van der Waals surface area (Å²) in [7, 11) is 0. The summed E-state index contributed by atoms with van der Waals surface area (Å²) in [5.74, 6) is 1.71. The molecule has 0 fully saturated rings. The van der Waals surface area contributed by atoms with Gasteiger partial charge in [0.05, 0.1) is 17.3 Å². The van der Waals surface area contributed by atoms with E-state index in [-0.39, 0.29) is 6.71 Å². The van der Waals surface area contributed by atoms with E-state index in [1.165, 1.54) is 20.7 Å². The van der Waals surface area contributed by atoms with E-state index in [0.717, 1.165) is 67.8 Å². The van der Waals surface area contributed by atoms with Gasteiger partial charge in [0.2, 0.25) is 0 Å². The smallest absolute Gasteiger partial charge is 0.253 e. The second-order valence-electron chi connectivity index (χ2n) is 14.1. The van der Waals surface area contributed by atoms with Gasteiger partial charge < -0.3 is 14.5 Å². The van der Waals surface area contributed by atoms with Crippen LogP contribution in [0.3, 0.4) is 0 Å². The van der Waals surface area contributed by atoms with Crippen molar-refractivity contribution in [3.05, 3.63) is 199 Å². The Morgan fingerprint density at radius 1 is 0.518 bits per heavy atom. The highest BCUT2D eigenvalue weighted by atomic mass is 32.2. The van der Waals surface area contributed by atoms with Crippen molar-refractivity contribution in [3.8, 4) is 28.7 Å². The molecule has 10 rings (SSSR count). The number of hydrogen-bond acceptors (Lipinski definition) is 5. The van der Waals surface area contributed by atoms with Crippen molar-refractivity contribution in [2.45, 2.75) is 16.7 Å². The van der Waals surface area contributed by atoms with Gasteiger partial charge >= 0.3 is 0 Å². The molecule has 0 N–H and O–H groups in total. The van der Waals surface area contributed by atoms with E-state index in [1.807, 2.05) is 36.0 Å². The third-order valence-corrected chi connectivity index (χ3v) is 11.8. The molecule has 0 unspecified atom stereocenters. The Hall–Kier alpha value is -6.94. The summed E-state index contributed by atoms with van der Waals surface area (Å²) >= 11 is 1.81. The van der Waals surface area contributed by atoms with Gasteiger partial charge in [-0.3, -0.25) is 0 Å². The van der Waals surface area contributed by atoms with Gasteiger partial charge in [-0.05, 0) is 120 Å². The van der Waals surface area contributed by atoms with Crippen molar-refractivity contribution in [1.82, 2.24) is 0 Å². The molecule has 0 bridgehead atoms. The normalized spacial score (nSPS) is 12.0. The lowest BCUT2D eigenvalue weighted by atomic mass is 9.35. The molecule has 0 aliphatic carbocycles. The lowest BCUT2D eigenvalue weighted by Gasteiger charge is -2.34. The van der Waals surface area contributed by atoms with Crippen LogP contribution in [0.4, 0.5) is 34.1 Å². The first kappa shape index (κ1) is 33.6. The molecule has 0 saturated heterocycles. The number of anilines is 6. The fraction of sp³-hybridized carbons (Fsp3) is 0.0200. The maximum absolute atomic E-state index is 10.2. The molecule has 2 aliphatic heterocycles. The number of ether oxygens (including phenoxy) is 1. The van der Waals surface area contributed by atoms with E-state index in [0.29, 0.717) is 5.56 Å². The minimum absolute atomic E-state index is 0.00276. The lowest BCUT2D eigenvalue weighted by molar-refractivity contribution is 0.486. The highest BCUT2D eigenvalue weighted by Crippen LogP contribution is 2.45. The van der Waals surface area contributed by atoms with E-state index < -0.39 is 0 Å². The first-order chi connectivity index (χ1) is 27.6. The fourth-order valence-electron chi connectivity index (χ4n) is 8.24. The Kier molecular flexibility index (Phi) is 8.43. The number of para-hydroxylation sites is 4. The molecule has 0 saturated carbocycles. The minimum atomic E-state index is 0.00276. The molecule has 56 heavy (non-hydrogen) atoms. The molecule has 0 atom stereocenters. The van der Waals surface area contributed by atoms with Crippen molar-refractivity contribution in [3.63, 3.8) is 0 Å². The van der Waals surface area contributed by atoms with Gasteiger partial charge in [0.1, 0.15) is 11.5 Å². The average molecular weight is 736 g/mol. The van der Waals surface area contributed by atoms with E-state index in [2.05, 4.69) is 187 Å². The second kappa shape index (κ2) is 14.0. The van der Waals surface area contributed by atoms with Gasteiger partial charge in [-0.1, -0.05) is 114 Å². The van der Waals surface area contributed by atoms with Crippen molar-refractivity contribution < 1.29 is 4.74 Å². The molecule has 0 aromatic heterocycles. The van der Waals surface area contributed by atoms with Crippen LogP contribution in [0.1, 0.15) is 11.1 Å². The minimum Gasteiger partial charge on any atom is -0.458 e. The number of benzene rings is 8. The molecule has 0 radical (unpaired) electrons. The van der Waals surface area contributed by atoms with Crippen LogP contribution < -0.4 is 30.9 Å². The number of aryl methyl sites for hydroxylation is 1. The predicted octanol–water partition coefficient (Wildman–Crippen LogP) is 11.6. The third kappa shape index (κ3) is 5.81. The van der Waals surface area contributed by atoms with E-state index >= 15 is 0 Å². The zero-order valence-corrected chi connectivity index (χ0v) is 31.4. The Morgan fingerprint density at radius 3 is 1.71 bits per heavy atom. The summed E-state index contributed by atoms with van der Waals surface area (Å²) in [6.45, 7) is 2.09. The molecule has 0 amide bonds. The van der Waals surface area contributed by atoms with Gasteiger partial charge in [0, 0.05) is 43.8 Å². The molecule has 8 aromatic carbocycles. The summed E-state index contributed by atoms with van der Waals surface area (Å²) in [5.41, 5.74) is 13.6. The number of nitriles is 1. The van der Waals surface area contributed by atoms with Crippen LogP contribution in [-0.4, -0.2) is 6.71 Å². The zero-order chi connectivity index (χ0) is 37.6. The molecule has 2 aliphatic rings. The van der Waals surface area contributed by atoms with Crippen molar-refractivity contribution in [2.75, 3.05) is 9.80 Å². The highest BCUT2D eigenvalue weighted by Gasteiger charge is 2.39. The second-order valence-corrected chi connectivity index (χ2v) is 15.2. The molecule has 0 spiro atoms. The molecule has 264 valence electrons.